The molecule has 0 aliphatic heterocycles. The van der Waals surface area contributed by atoms with Crippen LogP contribution in [0, 0.1) is 0 Å². The van der Waals surface area contributed by atoms with Gasteiger partial charge in [-0.15, -0.1) is 0 Å². The number of rotatable bonds is 4. The highest BCUT2D eigenvalue weighted by atomic mass is 16.1. The maximum atomic E-state index is 10.0. The topological polar surface area (TPSA) is 29.1 Å². The third-order valence-electron chi connectivity index (χ3n) is 1.04. The number of nitrogens with one attached hydrogen (secondary N) is 1. The van der Waals surface area contributed by atoms with Crippen molar-refractivity contribution in [3.63, 3.8) is 0 Å². The maximum absolute atomic E-state index is 10.0. The van der Waals surface area contributed by atoms with Crippen LogP contribution in [-0.4, -0.2) is 6.41 Å². The van der Waals surface area contributed by atoms with Gasteiger partial charge in [0.1, 0.15) is 0 Å². The molecule has 0 aromatic heterocycles. The minimum Gasteiger partial charge on any atom is -0.329 e. The van der Waals surface area contributed by atoms with Crippen molar-refractivity contribution in [1.82, 2.24) is 5.32 Å². The van der Waals surface area contributed by atoms with Crippen LogP contribution in [0.1, 0.15) is 13.8 Å². The number of allylic oxidation sites excluding steroid dienone is 5. The zero-order valence-electron chi connectivity index (χ0n) is 6.87. The van der Waals surface area contributed by atoms with E-state index in [0.29, 0.717) is 6.41 Å². The Bertz CT molecular complexity index is 190. The summed E-state index contributed by atoms with van der Waals surface area (Å²) in [6.45, 7) is 3.82. The van der Waals surface area contributed by atoms with Crippen LogP contribution >= 0.6 is 0 Å². The minimum absolute atomic E-state index is 0.662. The van der Waals surface area contributed by atoms with Crippen molar-refractivity contribution < 1.29 is 4.79 Å². The highest BCUT2D eigenvalue weighted by Gasteiger charge is 1.83. The summed E-state index contributed by atoms with van der Waals surface area (Å²) in [5.74, 6) is 0. The first-order valence-electron chi connectivity index (χ1n) is 3.51. The van der Waals surface area contributed by atoms with Gasteiger partial charge in [0.25, 0.3) is 0 Å². The summed E-state index contributed by atoms with van der Waals surface area (Å²) in [4.78, 5) is 10.0. The van der Waals surface area contributed by atoms with Gasteiger partial charge in [0, 0.05) is 5.70 Å². The predicted octanol–water partition coefficient (Wildman–Crippen LogP) is 1.77. The van der Waals surface area contributed by atoms with Crippen LogP contribution in [0.5, 0.6) is 0 Å². The molecule has 11 heavy (non-hydrogen) atoms. The van der Waals surface area contributed by atoms with Crippen molar-refractivity contribution >= 4 is 6.41 Å². The highest BCUT2D eigenvalue weighted by Crippen LogP contribution is 1.90. The molecular formula is C9H13NO. The zero-order valence-corrected chi connectivity index (χ0v) is 6.87. The van der Waals surface area contributed by atoms with Gasteiger partial charge in [-0.2, -0.15) is 0 Å². The molecule has 2 heteroatoms. The van der Waals surface area contributed by atoms with Gasteiger partial charge in [-0.3, -0.25) is 4.79 Å². The van der Waals surface area contributed by atoms with Crippen molar-refractivity contribution in [3.05, 3.63) is 36.1 Å². The van der Waals surface area contributed by atoms with E-state index in [1.54, 1.807) is 0 Å². The van der Waals surface area contributed by atoms with Gasteiger partial charge < -0.3 is 5.32 Å². The summed E-state index contributed by atoms with van der Waals surface area (Å²) in [6, 6.07) is 0. The van der Waals surface area contributed by atoms with Crippen molar-refractivity contribution in [2.24, 2.45) is 0 Å². The molecule has 0 heterocycles. The number of carbonyl (C=O) groups excluding carboxylic acids is 1. The molecule has 0 radical (unpaired) electrons. The summed E-state index contributed by atoms with van der Waals surface area (Å²) in [6.07, 6.45) is 9.95. The molecule has 0 saturated carbocycles. The second-order valence-corrected chi connectivity index (χ2v) is 1.91. The van der Waals surface area contributed by atoms with Crippen molar-refractivity contribution in [1.29, 1.82) is 0 Å². The van der Waals surface area contributed by atoms with Gasteiger partial charge in [0.15, 0.2) is 0 Å². The molecule has 0 rings (SSSR count). The molecule has 0 saturated heterocycles. The van der Waals surface area contributed by atoms with Gasteiger partial charge >= 0.3 is 0 Å². The molecule has 0 aliphatic rings. The van der Waals surface area contributed by atoms with E-state index in [-0.39, 0.29) is 0 Å². The number of hydrogen-bond donors (Lipinski definition) is 1. The molecule has 0 fully saturated rings. The van der Waals surface area contributed by atoms with Gasteiger partial charge in [0.05, 0.1) is 0 Å². The molecule has 1 amide bonds. The Labute approximate surface area is 67.3 Å². The van der Waals surface area contributed by atoms with Gasteiger partial charge in [0.2, 0.25) is 6.41 Å². The Kier molecular flexibility index (Phi) is 5.99. The molecule has 0 spiro atoms. The molecule has 0 aromatic rings. The van der Waals surface area contributed by atoms with Crippen molar-refractivity contribution in [3.8, 4) is 0 Å². The quantitative estimate of drug-likeness (QED) is 0.481. The fourth-order valence-electron chi connectivity index (χ4n) is 0.599. The normalized spacial score (nSPS) is 12.7. The van der Waals surface area contributed by atoms with Crippen LogP contribution in [0.15, 0.2) is 36.1 Å². The molecule has 0 bridgehead atoms. The van der Waals surface area contributed by atoms with Crippen LogP contribution in [0.3, 0.4) is 0 Å². The van der Waals surface area contributed by atoms with Crippen molar-refractivity contribution in [2.75, 3.05) is 0 Å². The average Bonchev–Trinajstić information content (AvgIpc) is 2.01. The highest BCUT2D eigenvalue weighted by molar-refractivity contribution is 5.52. The Morgan fingerprint density at radius 3 is 2.45 bits per heavy atom. The summed E-state index contributed by atoms with van der Waals surface area (Å²) in [7, 11) is 0. The molecule has 1 N–H and O–H groups in total. The van der Waals surface area contributed by atoms with Gasteiger partial charge in [-0.25, -0.2) is 0 Å². The third-order valence-corrected chi connectivity index (χ3v) is 1.04. The van der Waals surface area contributed by atoms with Crippen LogP contribution in [0.25, 0.3) is 0 Å². The summed E-state index contributed by atoms with van der Waals surface area (Å²) in [5.41, 5.74) is 0.792. The van der Waals surface area contributed by atoms with Crippen LogP contribution in [0.2, 0.25) is 0 Å². The minimum atomic E-state index is 0.662. The van der Waals surface area contributed by atoms with E-state index in [0.717, 1.165) is 5.70 Å². The standard InChI is InChI=1S/C9H13NO/c1-3-5-7-9(6-4-2)10-8-11/h3-8H,1-2H3,(H,10,11)/b5-3-,6-4-,9-7+. The molecule has 0 aliphatic carbocycles. The second-order valence-electron chi connectivity index (χ2n) is 1.91. The summed E-state index contributed by atoms with van der Waals surface area (Å²) < 4.78 is 0. The molecule has 2 nitrogen and oxygen atoms in total. The van der Waals surface area contributed by atoms with Gasteiger partial charge in [-0.1, -0.05) is 18.2 Å². The lowest BCUT2D eigenvalue weighted by Crippen LogP contribution is -2.07. The number of amides is 1. The van der Waals surface area contributed by atoms with E-state index in [2.05, 4.69) is 5.32 Å². The molecule has 60 valence electrons. The molecule has 0 atom stereocenters. The molecule has 0 unspecified atom stereocenters. The van der Waals surface area contributed by atoms with Crippen molar-refractivity contribution in [2.45, 2.75) is 13.8 Å². The largest absolute Gasteiger partial charge is 0.329 e. The smallest absolute Gasteiger partial charge is 0.211 e. The first-order valence-corrected chi connectivity index (χ1v) is 3.51. The van der Waals surface area contributed by atoms with E-state index in [1.165, 1.54) is 0 Å². The zero-order chi connectivity index (χ0) is 8.53. The summed E-state index contributed by atoms with van der Waals surface area (Å²) >= 11 is 0. The lowest BCUT2D eigenvalue weighted by molar-refractivity contribution is -0.108. The second kappa shape index (κ2) is 6.81. The number of hydrogen-bond acceptors (Lipinski definition) is 1. The lowest BCUT2D eigenvalue weighted by Gasteiger charge is -1.94. The number of carbonyl (C=O) groups is 1. The SMILES string of the molecule is C\C=C/C=C(\C=C/C)NC=O. The first kappa shape index (κ1) is 9.69. The molecule has 0 aromatic carbocycles. The fourth-order valence-corrected chi connectivity index (χ4v) is 0.599. The lowest BCUT2D eigenvalue weighted by atomic mass is 10.3. The van der Waals surface area contributed by atoms with Gasteiger partial charge in [-0.05, 0) is 26.0 Å². The van der Waals surface area contributed by atoms with E-state index >= 15 is 0 Å². The Morgan fingerprint density at radius 1 is 1.27 bits per heavy atom. The van der Waals surface area contributed by atoms with Crippen LogP contribution < -0.4 is 5.32 Å². The molecular weight excluding hydrogens is 138 g/mol. The summed E-state index contributed by atoms with van der Waals surface area (Å²) in [5, 5.41) is 2.56. The average molecular weight is 151 g/mol. The van der Waals surface area contributed by atoms with Crippen LogP contribution in [-0.2, 0) is 4.79 Å². The monoisotopic (exact) mass is 151 g/mol. The van der Waals surface area contributed by atoms with E-state index < -0.39 is 0 Å². The first-order chi connectivity index (χ1) is 5.35. The van der Waals surface area contributed by atoms with Crippen LogP contribution in [0.4, 0.5) is 0 Å². The Balaban J connectivity index is 4.18. The van der Waals surface area contributed by atoms with E-state index in [4.69, 9.17) is 0 Å². The Morgan fingerprint density at radius 2 is 2.00 bits per heavy atom. The third kappa shape index (κ3) is 5.15. The Hall–Kier alpha value is -1.31. The van der Waals surface area contributed by atoms with E-state index in [9.17, 15) is 4.79 Å². The van der Waals surface area contributed by atoms with E-state index in [1.807, 2.05) is 44.2 Å². The predicted molar refractivity (Wildman–Crippen MR) is 46.9 cm³/mol. The fraction of sp³-hybridized carbons (Fsp3) is 0.222. The maximum Gasteiger partial charge on any atom is 0.211 e.